The molecule has 0 radical (unpaired) electrons. The van der Waals surface area contributed by atoms with Crippen LogP contribution in [0.2, 0.25) is 0 Å². The second kappa shape index (κ2) is 9.35. The molecule has 28 heavy (non-hydrogen) atoms. The fourth-order valence-corrected chi connectivity index (χ4v) is 3.39. The van der Waals surface area contributed by atoms with Crippen LogP contribution in [0.15, 0.2) is 48.5 Å². The van der Waals surface area contributed by atoms with Crippen LogP contribution in [0.1, 0.15) is 35.2 Å². The van der Waals surface area contributed by atoms with E-state index in [9.17, 15) is 14.0 Å². The Kier molecular flexibility index (Phi) is 6.63. The van der Waals surface area contributed by atoms with Crippen molar-refractivity contribution in [3.8, 4) is 0 Å². The number of hydrogen-bond acceptors (Lipinski definition) is 2. The molecule has 1 heterocycles. The molecule has 1 fully saturated rings. The summed E-state index contributed by atoms with van der Waals surface area (Å²) in [5.74, 6) is -0.199. The number of aryl methyl sites for hydroxylation is 1. The van der Waals surface area contributed by atoms with Crippen LogP contribution in [0.3, 0.4) is 0 Å². The summed E-state index contributed by atoms with van der Waals surface area (Å²) in [4.78, 5) is 26.2. The molecule has 0 atom stereocenters. The lowest BCUT2D eigenvalue weighted by molar-refractivity contribution is 0.0949. The molecule has 0 unspecified atom stereocenters. The molecular weight excluding hydrogens is 357 g/mol. The van der Waals surface area contributed by atoms with Gasteiger partial charge in [0.2, 0.25) is 0 Å². The monoisotopic (exact) mass is 383 g/mol. The zero-order valence-electron chi connectivity index (χ0n) is 16.1. The number of nitrogens with one attached hydrogen (secondary N) is 2. The van der Waals surface area contributed by atoms with Crippen LogP contribution in [0.5, 0.6) is 0 Å². The van der Waals surface area contributed by atoms with Gasteiger partial charge in [0.05, 0.1) is 0 Å². The van der Waals surface area contributed by atoms with Crippen molar-refractivity contribution in [2.45, 2.75) is 26.2 Å². The lowest BCUT2D eigenvalue weighted by atomic mass is 9.93. The highest BCUT2D eigenvalue weighted by Gasteiger charge is 2.22. The Hall–Kier alpha value is -2.89. The minimum Gasteiger partial charge on any atom is -0.352 e. The molecule has 3 amide bonds. The number of carbonyl (C=O) groups is 2. The van der Waals surface area contributed by atoms with Gasteiger partial charge >= 0.3 is 6.03 Å². The van der Waals surface area contributed by atoms with Crippen molar-refractivity contribution in [3.05, 3.63) is 65.5 Å². The number of amides is 3. The van der Waals surface area contributed by atoms with Gasteiger partial charge in [-0.3, -0.25) is 4.79 Å². The number of urea groups is 1. The van der Waals surface area contributed by atoms with E-state index in [0.717, 1.165) is 30.5 Å². The first-order valence-corrected chi connectivity index (χ1v) is 9.67. The van der Waals surface area contributed by atoms with Crippen LogP contribution in [-0.4, -0.2) is 36.5 Å². The molecule has 0 aliphatic carbocycles. The van der Waals surface area contributed by atoms with Crippen molar-refractivity contribution in [2.75, 3.05) is 25.0 Å². The number of rotatable bonds is 5. The number of likely N-dealkylation sites (tertiary alicyclic amines) is 1. The number of hydrogen-bond donors (Lipinski definition) is 2. The highest BCUT2D eigenvalue weighted by atomic mass is 19.1. The molecule has 3 rings (SSSR count). The van der Waals surface area contributed by atoms with Crippen molar-refractivity contribution in [3.63, 3.8) is 0 Å². The average Bonchev–Trinajstić information content (AvgIpc) is 2.70. The molecule has 5 nitrogen and oxygen atoms in total. The van der Waals surface area contributed by atoms with E-state index in [1.807, 2.05) is 36.1 Å². The zero-order chi connectivity index (χ0) is 19.9. The van der Waals surface area contributed by atoms with Gasteiger partial charge in [-0.05, 0) is 62.4 Å². The van der Waals surface area contributed by atoms with E-state index in [0.29, 0.717) is 31.1 Å². The van der Waals surface area contributed by atoms with Gasteiger partial charge in [-0.2, -0.15) is 0 Å². The van der Waals surface area contributed by atoms with Gasteiger partial charge < -0.3 is 15.5 Å². The smallest absolute Gasteiger partial charge is 0.321 e. The van der Waals surface area contributed by atoms with Gasteiger partial charge in [0.1, 0.15) is 5.82 Å². The number of carbonyl (C=O) groups excluding carboxylic acids is 2. The van der Waals surface area contributed by atoms with Crippen molar-refractivity contribution in [1.29, 1.82) is 0 Å². The van der Waals surface area contributed by atoms with E-state index < -0.39 is 5.82 Å². The number of benzene rings is 2. The van der Waals surface area contributed by atoms with Gasteiger partial charge in [-0.1, -0.05) is 23.8 Å². The summed E-state index contributed by atoms with van der Waals surface area (Å²) >= 11 is 0. The quantitative estimate of drug-likeness (QED) is 0.813. The van der Waals surface area contributed by atoms with Gasteiger partial charge in [-0.25, -0.2) is 9.18 Å². The molecule has 2 aromatic rings. The molecular formula is C22H26FN3O2. The minimum absolute atomic E-state index is 0.0679. The summed E-state index contributed by atoms with van der Waals surface area (Å²) in [6, 6.07) is 13.4. The average molecular weight is 383 g/mol. The largest absolute Gasteiger partial charge is 0.352 e. The van der Waals surface area contributed by atoms with Crippen LogP contribution in [0.4, 0.5) is 14.9 Å². The molecule has 0 aromatic heterocycles. The lowest BCUT2D eigenvalue weighted by Crippen LogP contribution is -2.41. The molecule has 1 aliphatic heterocycles. The van der Waals surface area contributed by atoms with Crippen LogP contribution in [0.25, 0.3) is 0 Å². The first kappa shape index (κ1) is 19.9. The van der Waals surface area contributed by atoms with Crippen LogP contribution >= 0.6 is 0 Å². The van der Waals surface area contributed by atoms with E-state index in [1.54, 1.807) is 6.07 Å². The molecule has 0 spiro atoms. The SMILES string of the molecule is Cc1ccc(NC(=O)N2CCC(CCNC(=O)c3cccc(F)c3)CC2)cc1. The fourth-order valence-electron chi connectivity index (χ4n) is 3.39. The maximum atomic E-state index is 13.2. The third-order valence-electron chi connectivity index (χ3n) is 5.13. The van der Waals surface area contributed by atoms with Gasteiger partial charge in [0.25, 0.3) is 5.91 Å². The maximum absolute atomic E-state index is 13.2. The molecule has 1 aliphatic rings. The van der Waals surface area contributed by atoms with Gasteiger partial charge in [0.15, 0.2) is 0 Å². The Bertz CT molecular complexity index is 815. The Morgan fingerprint density at radius 2 is 1.82 bits per heavy atom. The van der Waals surface area contributed by atoms with Crippen LogP contribution in [-0.2, 0) is 0 Å². The number of anilines is 1. The Morgan fingerprint density at radius 3 is 2.50 bits per heavy atom. The Balaban J connectivity index is 1.37. The second-order valence-electron chi connectivity index (χ2n) is 7.28. The lowest BCUT2D eigenvalue weighted by Gasteiger charge is -2.32. The summed E-state index contributed by atoms with van der Waals surface area (Å²) in [7, 11) is 0. The number of piperidine rings is 1. The topological polar surface area (TPSA) is 61.4 Å². The summed E-state index contributed by atoms with van der Waals surface area (Å²) in [6.07, 6.45) is 2.68. The molecule has 0 saturated carbocycles. The van der Waals surface area contributed by atoms with Crippen LogP contribution < -0.4 is 10.6 Å². The molecule has 6 heteroatoms. The number of halogens is 1. The van der Waals surface area contributed by atoms with Crippen molar-refractivity contribution in [1.82, 2.24) is 10.2 Å². The van der Waals surface area contributed by atoms with Gasteiger partial charge in [-0.15, -0.1) is 0 Å². The zero-order valence-corrected chi connectivity index (χ0v) is 16.1. The summed E-state index contributed by atoms with van der Waals surface area (Å²) in [6.45, 7) is 3.98. The van der Waals surface area contributed by atoms with Crippen molar-refractivity contribution >= 4 is 17.6 Å². The predicted molar refractivity (Wildman–Crippen MR) is 108 cm³/mol. The first-order chi connectivity index (χ1) is 13.5. The van der Waals surface area contributed by atoms with E-state index in [1.165, 1.54) is 18.2 Å². The molecule has 148 valence electrons. The van der Waals surface area contributed by atoms with Crippen molar-refractivity contribution < 1.29 is 14.0 Å². The van der Waals surface area contributed by atoms with E-state index >= 15 is 0 Å². The predicted octanol–water partition coefficient (Wildman–Crippen LogP) is 4.20. The van der Waals surface area contributed by atoms with Crippen LogP contribution in [0, 0.1) is 18.7 Å². The normalized spacial score (nSPS) is 14.6. The summed E-state index contributed by atoms with van der Waals surface area (Å²) in [5, 5.41) is 5.78. The second-order valence-corrected chi connectivity index (χ2v) is 7.28. The fraction of sp³-hybridized carbons (Fsp3) is 0.364. The standard InChI is InChI=1S/C22H26FN3O2/c1-16-5-7-20(8-6-16)25-22(28)26-13-10-17(11-14-26)9-12-24-21(27)18-3-2-4-19(23)15-18/h2-8,15,17H,9-14H2,1H3,(H,24,27)(H,25,28). The van der Waals surface area contributed by atoms with E-state index in [-0.39, 0.29) is 11.9 Å². The third-order valence-corrected chi connectivity index (χ3v) is 5.13. The first-order valence-electron chi connectivity index (χ1n) is 9.67. The minimum atomic E-state index is -0.413. The highest BCUT2D eigenvalue weighted by molar-refractivity contribution is 5.94. The Morgan fingerprint density at radius 1 is 1.11 bits per heavy atom. The maximum Gasteiger partial charge on any atom is 0.321 e. The molecule has 0 bridgehead atoms. The Labute approximate surface area is 164 Å². The van der Waals surface area contributed by atoms with Crippen molar-refractivity contribution in [2.24, 2.45) is 5.92 Å². The molecule has 2 N–H and O–H groups in total. The van der Waals surface area contributed by atoms with E-state index in [2.05, 4.69) is 10.6 Å². The highest BCUT2D eigenvalue weighted by Crippen LogP contribution is 2.21. The summed E-state index contributed by atoms with van der Waals surface area (Å²) < 4.78 is 13.2. The molecule has 1 saturated heterocycles. The summed E-state index contributed by atoms with van der Waals surface area (Å²) in [5.41, 5.74) is 2.30. The van der Waals surface area contributed by atoms with Gasteiger partial charge in [0, 0.05) is 30.9 Å². The molecule has 2 aromatic carbocycles. The number of nitrogens with zero attached hydrogens (tertiary/aromatic N) is 1. The third kappa shape index (κ3) is 5.55. The van der Waals surface area contributed by atoms with E-state index in [4.69, 9.17) is 0 Å².